The zero-order valence-corrected chi connectivity index (χ0v) is 8.72. The Labute approximate surface area is 79.4 Å². The molecular formula is C8H17NO3S. The minimum Gasteiger partial charge on any atom is -0.380 e. The minimum atomic E-state index is -3.06. The molecule has 1 fully saturated rings. The molecule has 1 saturated heterocycles. The molecule has 0 aromatic carbocycles. The van der Waals surface area contributed by atoms with E-state index in [1.807, 2.05) is 0 Å². The van der Waals surface area contributed by atoms with Gasteiger partial charge < -0.3 is 10.5 Å². The Bertz CT molecular complexity index is 244. The molecule has 2 N–H and O–H groups in total. The quantitative estimate of drug-likeness (QED) is 0.703. The van der Waals surface area contributed by atoms with Crippen molar-refractivity contribution in [2.45, 2.75) is 30.3 Å². The van der Waals surface area contributed by atoms with Crippen LogP contribution in [0.3, 0.4) is 0 Å². The van der Waals surface area contributed by atoms with Gasteiger partial charge in [-0.1, -0.05) is 0 Å². The summed E-state index contributed by atoms with van der Waals surface area (Å²) >= 11 is 0. The van der Waals surface area contributed by atoms with Crippen molar-refractivity contribution in [3.8, 4) is 0 Å². The monoisotopic (exact) mass is 207 g/mol. The number of hydrogen-bond acceptors (Lipinski definition) is 4. The summed E-state index contributed by atoms with van der Waals surface area (Å²) in [6.07, 6.45) is 1.55. The molecule has 5 heteroatoms. The molecule has 0 aromatic heterocycles. The number of hydrogen-bond donors (Lipinski definition) is 1. The van der Waals surface area contributed by atoms with Gasteiger partial charge >= 0.3 is 0 Å². The predicted octanol–water partition coefficient (Wildman–Crippen LogP) is -0.0726. The van der Waals surface area contributed by atoms with Gasteiger partial charge in [0.25, 0.3) is 0 Å². The number of nitrogens with two attached hydrogens (primary N) is 1. The fourth-order valence-electron chi connectivity index (χ4n) is 1.43. The highest BCUT2D eigenvalue weighted by molar-refractivity contribution is 7.92. The van der Waals surface area contributed by atoms with Gasteiger partial charge in [-0.15, -0.1) is 0 Å². The van der Waals surface area contributed by atoms with Gasteiger partial charge in [0.15, 0.2) is 9.84 Å². The van der Waals surface area contributed by atoms with Crippen LogP contribution in [0.4, 0.5) is 0 Å². The summed E-state index contributed by atoms with van der Waals surface area (Å²) in [7, 11) is -3.06. The van der Waals surface area contributed by atoms with Crippen LogP contribution in [0.1, 0.15) is 19.8 Å². The van der Waals surface area contributed by atoms with E-state index in [0.717, 1.165) is 6.42 Å². The predicted molar refractivity (Wildman–Crippen MR) is 51.3 cm³/mol. The number of sulfone groups is 1. The largest absolute Gasteiger partial charge is 0.380 e. The average molecular weight is 207 g/mol. The lowest BCUT2D eigenvalue weighted by atomic mass is 10.2. The highest BCUT2D eigenvalue weighted by Gasteiger charge is 2.31. The maximum atomic E-state index is 11.8. The molecule has 1 aliphatic rings. The Morgan fingerprint density at radius 3 is 2.77 bits per heavy atom. The molecule has 0 bridgehead atoms. The van der Waals surface area contributed by atoms with Crippen molar-refractivity contribution >= 4 is 9.84 Å². The first-order chi connectivity index (χ1) is 6.09. The van der Waals surface area contributed by atoms with Crippen molar-refractivity contribution in [2.24, 2.45) is 5.73 Å². The van der Waals surface area contributed by atoms with Gasteiger partial charge in [-0.3, -0.25) is 0 Å². The highest BCUT2D eigenvalue weighted by Crippen LogP contribution is 2.18. The van der Waals surface area contributed by atoms with Crippen LogP contribution in [0.2, 0.25) is 0 Å². The standard InChI is InChI=1S/C8H17NO3S/c1-7(5-9)13(10,11)8-3-2-4-12-6-8/h7-8H,2-6,9H2,1H3. The Kier molecular flexibility index (Phi) is 3.70. The van der Waals surface area contributed by atoms with Crippen molar-refractivity contribution in [3.63, 3.8) is 0 Å². The summed E-state index contributed by atoms with van der Waals surface area (Å²) < 4.78 is 28.7. The third kappa shape index (κ3) is 2.42. The lowest BCUT2D eigenvalue weighted by Crippen LogP contribution is -2.39. The summed E-state index contributed by atoms with van der Waals surface area (Å²) in [5.74, 6) is 0. The number of rotatable bonds is 3. The van der Waals surface area contributed by atoms with E-state index in [-0.39, 0.29) is 11.8 Å². The molecule has 0 radical (unpaired) electrons. The summed E-state index contributed by atoms with van der Waals surface area (Å²) in [5.41, 5.74) is 5.34. The van der Waals surface area contributed by atoms with Crippen LogP contribution in [0.5, 0.6) is 0 Å². The molecule has 1 aliphatic heterocycles. The molecule has 78 valence electrons. The fraction of sp³-hybridized carbons (Fsp3) is 1.00. The molecule has 0 saturated carbocycles. The lowest BCUT2D eigenvalue weighted by molar-refractivity contribution is 0.0989. The van der Waals surface area contributed by atoms with Gasteiger partial charge in [0.05, 0.1) is 17.1 Å². The van der Waals surface area contributed by atoms with Gasteiger partial charge in [0, 0.05) is 13.2 Å². The van der Waals surface area contributed by atoms with Crippen molar-refractivity contribution < 1.29 is 13.2 Å². The first-order valence-corrected chi connectivity index (χ1v) is 6.20. The number of ether oxygens (including phenoxy) is 1. The third-order valence-corrected chi connectivity index (χ3v) is 5.09. The molecule has 13 heavy (non-hydrogen) atoms. The molecule has 0 aliphatic carbocycles. The van der Waals surface area contributed by atoms with E-state index in [1.165, 1.54) is 0 Å². The lowest BCUT2D eigenvalue weighted by Gasteiger charge is -2.24. The Balaban J connectivity index is 2.67. The second-order valence-electron chi connectivity index (χ2n) is 3.47. The van der Waals surface area contributed by atoms with Crippen molar-refractivity contribution in [1.29, 1.82) is 0 Å². The normalized spacial score (nSPS) is 27.1. The van der Waals surface area contributed by atoms with Crippen LogP contribution in [0.15, 0.2) is 0 Å². The second-order valence-corrected chi connectivity index (χ2v) is 6.12. The van der Waals surface area contributed by atoms with Gasteiger partial charge in [-0.25, -0.2) is 8.42 Å². The maximum Gasteiger partial charge on any atom is 0.159 e. The van der Waals surface area contributed by atoms with Crippen LogP contribution in [-0.4, -0.2) is 38.7 Å². The summed E-state index contributed by atoms with van der Waals surface area (Å²) in [6.45, 7) is 2.87. The van der Waals surface area contributed by atoms with Gasteiger partial charge in [-0.05, 0) is 19.8 Å². The molecule has 0 aromatic rings. The van der Waals surface area contributed by atoms with Gasteiger partial charge in [-0.2, -0.15) is 0 Å². The van der Waals surface area contributed by atoms with Crippen LogP contribution < -0.4 is 5.73 Å². The van der Waals surface area contributed by atoms with E-state index in [4.69, 9.17) is 10.5 Å². The second kappa shape index (κ2) is 4.39. The van der Waals surface area contributed by atoms with Crippen molar-refractivity contribution in [3.05, 3.63) is 0 Å². The molecule has 1 heterocycles. The molecule has 2 unspecified atom stereocenters. The van der Waals surface area contributed by atoms with Gasteiger partial charge in [0.1, 0.15) is 0 Å². The zero-order valence-electron chi connectivity index (χ0n) is 7.90. The highest BCUT2D eigenvalue weighted by atomic mass is 32.2. The fourth-order valence-corrected chi connectivity index (χ4v) is 3.14. The summed E-state index contributed by atoms with van der Waals surface area (Å²) in [6, 6.07) is 0. The van der Waals surface area contributed by atoms with Crippen molar-refractivity contribution in [2.75, 3.05) is 19.8 Å². The summed E-state index contributed by atoms with van der Waals surface area (Å²) in [5, 5.41) is -0.779. The molecule has 1 rings (SSSR count). The average Bonchev–Trinajstić information content (AvgIpc) is 2.18. The SMILES string of the molecule is CC(CN)S(=O)(=O)C1CCCOC1. The van der Waals surface area contributed by atoms with E-state index >= 15 is 0 Å². The Hall–Kier alpha value is -0.130. The molecular weight excluding hydrogens is 190 g/mol. The maximum absolute atomic E-state index is 11.8. The van der Waals surface area contributed by atoms with Crippen LogP contribution >= 0.6 is 0 Å². The van der Waals surface area contributed by atoms with Crippen LogP contribution in [-0.2, 0) is 14.6 Å². The first-order valence-electron chi connectivity index (χ1n) is 4.59. The first kappa shape index (κ1) is 10.9. The Morgan fingerprint density at radius 1 is 1.62 bits per heavy atom. The smallest absolute Gasteiger partial charge is 0.159 e. The zero-order chi connectivity index (χ0) is 9.90. The summed E-state index contributed by atoms with van der Waals surface area (Å²) in [4.78, 5) is 0. The van der Waals surface area contributed by atoms with Gasteiger partial charge in [0.2, 0.25) is 0 Å². The van der Waals surface area contributed by atoms with E-state index in [1.54, 1.807) is 6.92 Å². The molecule has 0 amide bonds. The van der Waals surface area contributed by atoms with E-state index in [9.17, 15) is 8.42 Å². The van der Waals surface area contributed by atoms with Crippen molar-refractivity contribution in [1.82, 2.24) is 0 Å². The molecule has 2 atom stereocenters. The van der Waals surface area contributed by atoms with E-state index in [2.05, 4.69) is 0 Å². The van der Waals surface area contributed by atoms with Crippen LogP contribution in [0, 0.1) is 0 Å². The molecule has 4 nitrogen and oxygen atoms in total. The Morgan fingerprint density at radius 2 is 2.31 bits per heavy atom. The van der Waals surface area contributed by atoms with E-state index in [0.29, 0.717) is 19.6 Å². The minimum absolute atomic E-state index is 0.193. The molecule has 0 spiro atoms. The topological polar surface area (TPSA) is 69.4 Å². The van der Waals surface area contributed by atoms with E-state index < -0.39 is 15.1 Å². The third-order valence-electron chi connectivity index (χ3n) is 2.48. The van der Waals surface area contributed by atoms with Crippen LogP contribution in [0.25, 0.3) is 0 Å².